The maximum absolute atomic E-state index is 11.9. The van der Waals surface area contributed by atoms with Crippen LogP contribution in [0.5, 0.6) is 0 Å². The van der Waals surface area contributed by atoms with E-state index in [4.69, 9.17) is 0 Å². The Bertz CT molecular complexity index is 691. The molecule has 0 unspecified atom stereocenters. The lowest BCUT2D eigenvalue weighted by atomic mass is 10.1. The molecule has 0 aliphatic carbocycles. The first-order valence-corrected chi connectivity index (χ1v) is 7.81. The van der Waals surface area contributed by atoms with Crippen LogP contribution in [0.3, 0.4) is 0 Å². The van der Waals surface area contributed by atoms with Gasteiger partial charge in [-0.3, -0.25) is 5.32 Å². The highest BCUT2D eigenvalue weighted by molar-refractivity contribution is 7.16. The smallest absolute Gasteiger partial charge is 0.338 e. The molecule has 2 rings (SSSR count). The highest BCUT2D eigenvalue weighted by Gasteiger charge is 2.20. The normalized spacial score (nSPS) is 10.4. The van der Waals surface area contributed by atoms with E-state index in [0.717, 1.165) is 14.8 Å². The third kappa shape index (κ3) is 3.59. The molecule has 0 radical (unpaired) electrons. The van der Waals surface area contributed by atoms with Gasteiger partial charge in [0.25, 0.3) is 0 Å². The quantitative estimate of drug-likeness (QED) is 0.805. The standard InChI is InChI=1S/C13H15N3O3S2/c1-6-7(2)20-11(10(6)12(17)18)16-13(19)15-5-9-4-14-8(3)21-9/h4H,5H2,1-3H3,(H,17,18)(H2,15,16,19). The SMILES string of the molecule is Cc1ncc(CNC(=O)Nc2sc(C)c(C)c2C(=O)O)s1. The van der Waals surface area contributed by atoms with Crippen molar-refractivity contribution in [1.82, 2.24) is 10.3 Å². The number of amides is 2. The van der Waals surface area contributed by atoms with E-state index in [1.807, 2.05) is 13.8 Å². The molecular formula is C13H15N3O3S2. The van der Waals surface area contributed by atoms with E-state index in [9.17, 15) is 14.7 Å². The molecule has 8 heteroatoms. The first-order chi connectivity index (χ1) is 9.88. The maximum atomic E-state index is 11.9. The Kier molecular flexibility index (Phi) is 4.59. The van der Waals surface area contributed by atoms with Crippen molar-refractivity contribution in [1.29, 1.82) is 0 Å². The molecule has 0 spiro atoms. The summed E-state index contributed by atoms with van der Waals surface area (Å²) in [6.45, 7) is 5.82. The van der Waals surface area contributed by atoms with Gasteiger partial charge in [0.15, 0.2) is 0 Å². The predicted molar refractivity (Wildman–Crippen MR) is 83.5 cm³/mol. The van der Waals surface area contributed by atoms with Gasteiger partial charge in [0.2, 0.25) is 0 Å². The second-order valence-corrected chi connectivity index (χ2v) is 6.99. The number of thiazole rings is 1. The highest BCUT2D eigenvalue weighted by Crippen LogP contribution is 2.32. The van der Waals surface area contributed by atoms with Crippen molar-refractivity contribution in [2.24, 2.45) is 0 Å². The number of nitrogens with one attached hydrogen (secondary N) is 2. The molecule has 0 aromatic carbocycles. The summed E-state index contributed by atoms with van der Waals surface area (Å²) in [6, 6.07) is -0.426. The van der Waals surface area contributed by atoms with Gasteiger partial charge in [0, 0.05) is 16.0 Å². The van der Waals surface area contributed by atoms with Crippen LogP contribution in [-0.2, 0) is 6.54 Å². The number of nitrogens with zero attached hydrogens (tertiary/aromatic N) is 1. The lowest BCUT2D eigenvalue weighted by Gasteiger charge is -2.06. The van der Waals surface area contributed by atoms with Crippen LogP contribution in [0, 0.1) is 20.8 Å². The van der Waals surface area contributed by atoms with Crippen LogP contribution in [0.25, 0.3) is 0 Å². The Morgan fingerprint density at radius 1 is 1.29 bits per heavy atom. The van der Waals surface area contributed by atoms with Crippen molar-refractivity contribution >= 4 is 39.7 Å². The Morgan fingerprint density at radius 3 is 2.57 bits per heavy atom. The van der Waals surface area contributed by atoms with Gasteiger partial charge in [0.05, 0.1) is 17.1 Å². The molecule has 2 heterocycles. The third-order valence-corrected chi connectivity index (χ3v) is 4.95. The molecule has 2 amide bonds. The van der Waals surface area contributed by atoms with E-state index >= 15 is 0 Å². The van der Waals surface area contributed by atoms with Gasteiger partial charge in [-0.1, -0.05) is 0 Å². The van der Waals surface area contributed by atoms with Crippen LogP contribution < -0.4 is 10.6 Å². The van der Waals surface area contributed by atoms with Crippen molar-refractivity contribution in [3.8, 4) is 0 Å². The number of carboxylic acid groups (broad SMARTS) is 1. The first kappa shape index (κ1) is 15.5. The molecule has 0 saturated carbocycles. The van der Waals surface area contributed by atoms with Crippen molar-refractivity contribution in [2.45, 2.75) is 27.3 Å². The number of rotatable bonds is 4. The van der Waals surface area contributed by atoms with E-state index in [0.29, 0.717) is 17.1 Å². The summed E-state index contributed by atoms with van der Waals surface area (Å²) in [5, 5.41) is 15.8. The van der Waals surface area contributed by atoms with E-state index in [-0.39, 0.29) is 5.56 Å². The van der Waals surface area contributed by atoms with Crippen LogP contribution >= 0.6 is 22.7 Å². The number of hydrogen-bond donors (Lipinski definition) is 3. The number of aromatic nitrogens is 1. The van der Waals surface area contributed by atoms with Crippen molar-refractivity contribution in [3.05, 3.63) is 32.1 Å². The number of aryl methyl sites for hydroxylation is 2. The number of carbonyl (C=O) groups is 2. The average Bonchev–Trinajstić information content (AvgIpc) is 2.92. The Morgan fingerprint density at radius 2 is 2.00 bits per heavy atom. The lowest BCUT2D eigenvalue weighted by molar-refractivity contribution is 0.0697. The zero-order valence-electron chi connectivity index (χ0n) is 11.8. The van der Waals surface area contributed by atoms with Crippen LogP contribution in [0.1, 0.15) is 30.7 Å². The van der Waals surface area contributed by atoms with Crippen molar-refractivity contribution in [2.75, 3.05) is 5.32 Å². The molecule has 0 aliphatic rings. The lowest BCUT2D eigenvalue weighted by Crippen LogP contribution is -2.28. The number of carbonyl (C=O) groups excluding carboxylic acids is 1. The fraction of sp³-hybridized carbons (Fsp3) is 0.308. The Hall–Kier alpha value is -1.93. The van der Waals surface area contributed by atoms with E-state index in [1.54, 1.807) is 13.1 Å². The summed E-state index contributed by atoms with van der Waals surface area (Å²) in [4.78, 5) is 29.0. The minimum absolute atomic E-state index is 0.154. The van der Waals surface area contributed by atoms with Crippen LogP contribution in [-0.4, -0.2) is 22.1 Å². The number of carboxylic acids is 1. The van der Waals surface area contributed by atoms with Gasteiger partial charge in [0.1, 0.15) is 5.00 Å². The van der Waals surface area contributed by atoms with Crippen LogP contribution in [0.2, 0.25) is 0 Å². The van der Waals surface area contributed by atoms with Gasteiger partial charge >= 0.3 is 12.0 Å². The zero-order valence-corrected chi connectivity index (χ0v) is 13.4. The van der Waals surface area contributed by atoms with Gasteiger partial charge in [-0.2, -0.15) is 0 Å². The van der Waals surface area contributed by atoms with Gasteiger partial charge in [-0.15, -0.1) is 22.7 Å². The number of anilines is 1. The molecule has 21 heavy (non-hydrogen) atoms. The summed E-state index contributed by atoms with van der Waals surface area (Å²) >= 11 is 2.77. The highest BCUT2D eigenvalue weighted by atomic mass is 32.1. The molecule has 2 aromatic heterocycles. The number of aromatic carboxylic acids is 1. The summed E-state index contributed by atoms with van der Waals surface area (Å²) in [5.74, 6) is -1.04. The van der Waals surface area contributed by atoms with E-state index in [2.05, 4.69) is 15.6 Å². The van der Waals surface area contributed by atoms with E-state index < -0.39 is 12.0 Å². The molecule has 6 nitrogen and oxygen atoms in total. The van der Waals surface area contributed by atoms with Gasteiger partial charge < -0.3 is 10.4 Å². The predicted octanol–water partition coefficient (Wildman–Crippen LogP) is 3.15. The first-order valence-electron chi connectivity index (χ1n) is 6.18. The fourth-order valence-electron chi connectivity index (χ4n) is 1.77. The fourth-order valence-corrected chi connectivity index (χ4v) is 3.56. The second kappa shape index (κ2) is 6.23. The molecule has 0 saturated heterocycles. The molecule has 0 fully saturated rings. The molecule has 2 aromatic rings. The molecule has 0 bridgehead atoms. The van der Waals surface area contributed by atoms with Crippen molar-refractivity contribution in [3.63, 3.8) is 0 Å². The summed E-state index contributed by atoms with van der Waals surface area (Å²) in [6.07, 6.45) is 1.71. The topological polar surface area (TPSA) is 91.3 Å². The molecule has 0 atom stereocenters. The summed E-state index contributed by atoms with van der Waals surface area (Å²) < 4.78 is 0. The second-order valence-electron chi connectivity index (χ2n) is 4.45. The average molecular weight is 325 g/mol. The number of thiophene rings is 1. The third-order valence-electron chi connectivity index (χ3n) is 2.92. The molecule has 3 N–H and O–H groups in total. The molecular weight excluding hydrogens is 310 g/mol. The zero-order chi connectivity index (χ0) is 15.6. The van der Waals surface area contributed by atoms with Crippen LogP contribution in [0.4, 0.5) is 9.80 Å². The van der Waals surface area contributed by atoms with Gasteiger partial charge in [-0.05, 0) is 26.3 Å². The molecule has 0 aliphatic heterocycles. The number of hydrogen-bond acceptors (Lipinski definition) is 5. The number of urea groups is 1. The van der Waals surface area contributed by atoms with Gasteiger partial charge in [-0.25, -0.2) is 14.6 Å². The van der Waals surface area contributed by atoms with E-state index in [1.165, 1.54) is 22.7 Å². The van der Waals surface area contributed by atoms with Crippen LogP contribution in [0.15, 0.2) is 6.20 Å². The Balaban J connectivity index is 2.03. The Labute approximate surface area is 129 Å². The minimum Gasteiger partial charge on any atom is -0.478 e. The summed E-state index contributed by atoms with van der Waals surface area (Å²) in [5.41, 5.74) is 0.835. The monoisotopic (exact) mass is 325 g/mol. The molecule has 112 valence electrons. The summed E-state index contributed by atoms with van der Waals surface area (Å²) in [7, 11) is 0. The minimum atomic E-state index is -1.04. The largest absolute Gasteiger partial charge is 0.478 e. The maximum Gasteiger partial charge on any atom is 0.338 e. The van der Waals surface area contributed by atoms with Crippen molar-refractivity contribution < 1.29 is 14.7 Å².